The third kappa shape index (κ3) is 3.71. The molecule has 0 spiro atoms. The molecule has 3 rings (SSSR count). The molecule has 0 amide bonds. The number of aromatic nitrogens is 1. The molecule has 0 aliphatic carbocycles. The lowest BCUT2D eigenvalue weighted by atomic mass is 10.1. The molecule has 0 aliphatic heterocycles. The molecule has 3 aromatic rings. The number of para-hydroxylation sites is 1. The summed E-state index contributed by atoms with van der Waals surface area (Å²) in [5, 5.41) is 1.33. The lowest BCUT2D eigenvalue weighted by Gasteiger charge is -2.16. The minimum Gasteiger partial charge on any atom is -0.493 e. The van der Waals surface area contributed by atoms with Crippen molar-refractivity contribution in [1.82, 2.24) is 4.57 Å². The standard InChI is InChI=1S/C22H24N2O4/c1-5-24-14-17(22(25)28-6-2)21(23-15-10-8-7-9-11-15)16-12-19(26-3)20(27-4)13-18(16)24/h7-14H,5-6H2,1-4H3. The van der Waals surface area contributed by atoms with Crippen LogP contribution in [0.15, 0.2) is 53.7 Å². The fourth-order valence-corrected chi connectivity index (χ4v) is 3.10. The summed E-state index contributed by atoms with van der Waals surface area (Å²) in [4.78, 5) is 17.5. The van der Waals surface area contributed by atoms with E-state index in [1.165, 1.54) is 0 Å². The van der Waals surface area contributed by atoms with Gasteiger partial charge in [0.1, 0.15) is 5.56 Å². The molecule has 6 heteroatoms. The number of methoxy groups -OCH3 is 2. The van der Waals surface area contributed by atoms with Crippen LogP contribution in [-0.4, -0.2) is 31.4 Å². The third-order valence-electron chi connectivity index (χ3n) is 4.44. The van der Waals surface area contributed by atoms with Crippen molar-refractivity contribution in [2.45, 2.75) is 20.4 Å². The van der Waals surface area contributed by atoms with Gasteiger partial charge < -0.3 is 18.8 Å². The summed E-state index contributed by atoms with van der Waals surface area (Å²) in [7, 11) is 3.18. The number of nitrogens with zero attached hydrogens (tertiary/aromatic N) is 2. The second kappa shape index (κ2) is 8.61. The minimum atomic E-state index is -0.406. The van der Waals surface area contributed by atoms with Gasteiger partial charge in [0.2, 0.25) is 0 Å². The van der Waals surface area contributed by atoms with Crippen molar-refractivity contribution < 1.29 is 19.0 Å². The quantitative estimate of drug-likeness (QED) is 0.605. The van der Waals surface area contributed by atoms with E-state index in [0.717, 1.165) is 16.6 Å². The van der Waals surface area contributed by atoms with Crippen molar-refractivity contribution in [3.63, 3.8) is 0 Å². The monoisotopic (exact) mass is 380 g/mol. The van der Waals surface area contributed by atoms with E-state index in [1.54, 1.807) is 27.3 Å². The Morgan fingerprint density at radius 1 is 1.04 bits per heavy atom. The number of aryl methyl sites for hydroxylation is 1. The molecule has 6 nitrogen and oxygen atoms in total. The van der Waals surface area contributed by atoms with Crippen LogP contribution < -0.4 is 14.8 Å². The van der Waals surface area contributed by atoms with Crippen molar-refractivity contribution in [1.29, 1.82) is 0 Å². The van der Waals surface area contributed by atoms with E-state index < -0.39 is 5.97 Å². The van der Waals surface area contributed by atoms with E-state index >= 15 is 0 Å². The molecule has 1 aromatic heterocycles. The Morgan fingerprint density at radius 2 is 1.71 bits per heavy atom. The van der Waals surface area contributed by atoms with Crippen LogP contribution in [0.4, 0.5) is 5.69 Å². The highest BCUT2D eigenvalue weighted by Gasteiger charge is 2.17. The maximum Gasteiger partial charge on any atom is 0.341 e. The molecular weight excluding hydrogens is 356 g/mol. The normalized spacial score (nSPS) is 11.5. The first-order valence-corrected chi connectivity index (χ1v) is 9.19. The van der Waals surface area contributed by atoms with Gasteiger partial charge >= 0.3 is 5.97 Å². The first-order valence-electron chi connectivity index (χ1n) is 9.19. The Morgan fingerprint density at radius 3 is 2.32 bits per heavy atom. The molecule has 0 N–H and O–H groups in total. The number of hydrogen-bond acceptors (Lipinski definition) is 5. The van der Waals surface area contributed by atoms with E-state index in [-0.39, 0.29) is 0 Å². The van der Waals surface area contributed by atoms with Crippen molar-refractivity contribution >= 4 is 22.6 Å². The summed E-state index contributed by atoms with van der Waals surface area (Å²) in [6.07, 6.45) is 1.79. The largest absolute Gasteiger partial charge is 0.493 e. The molecule has 1 heterocycles. The summed E-state index contributed by atoms with van der Waals surface area (Å²) in [5.41, 5.74) is 2.05. The zero-order valence-electron chi connectivity index (χ0n) is 16.6. The Labute approximate surface area is 164 Å². The van der Waals surface area contributed by atoms with Crippen molar-refractivity contribution in [2.24, 2.45) is 4.99 Å². The first kappa shape index (κ1) is 19.5. The second-order valence-corrected chi connectivity index (χ2v) is 6.07. The zero-order valence-corrected chi connectivity index (χ0v) is 16.6. The molecule has 0 saturated heterocycles. The summed E-state index contributed by atoms with van der Waals surface area (Å²) >= 11 is 0. The maximum atomic E-state index is 12.7. The molecule has 2 aromatic carbocycles. The highest BCUT2D eigenvalue weighted by atomic mass is 16.5. The van der Waals surface area contributed by atoms with Crippen LogP contribution in [0.25, 0.3) is 10.9 Å². The van der Waals surface area contributed by atoms with Gasteiger partial charge in [0, 0.05) is 24.2 Å². The summed E-state index contributed by atoms with van der Waals surface area (Å²) in [5.74, 6) is 0.783. The van der Waals surface area contributed by atoms with Crippen LogP contribution in [0.5, 0.6) is 11.5 Å². The van der Waals surface area contributed by atoms with Gasteiger partial charge in [-0.3, -0.25) is 0 Å². The summed E-state index contributed by atoms with van der Waals surface area (Å²) in [6.45, 7) is 4.76. The number of carbonyl (C=O) groups is 1. The van der Waals surface area contributed by atoms with E-state index in [1.807, 2.05) is 54.0 Å². The van der Waals surface area contributed by atoms with Gasteiger partial charge in [-0.15, -0.1) is 0 Å². The number of pyridine rings is 1. The number of carbonyl (C=O) groups excluding carboxylic acids is 1. The maximum absolute atomic E-state index is 12.7. The second-order valence-electron chi connectivity index (χ2n) is 6.07. The molecule has 28 heavy (non-hydrogen) atoms. The number of esters is 1. The number of benzene rings is 2. The number of ether oxygens (including phenoxy) is 3. The van der Waals surface area contributed by atoms with E-state index in [4.69, 9.17) is 19.2 Å². The van der Waals surface area contributed by atoms with Crippen molar-refractivity contribution in [3.05, 3.63) is 59.6 Å². The molecule has 146 valence electrons. The Kier molecular flexibility index (Phi) is 5.99. The molecule has 0 fully saturated rings. The third-order valence-corrected chi connectivity index (χ3v) is 4.44. The van der Waals surface area contributed by atoms with Gasteiger partial charge in [-0.2, -0.15) is 0 Å². The average Bonchev–Trinajstić information content (AvgIpc) is 2.73. The van der Waals surface area contributed by atoms with Gasteiger partial charge in [-0.05, 0) is 32.0 Å². The molecule has 0 unspecified atom stereocenters. The highest BCUT2D eigenvalue weighted by molar-refractivity contribution is 5.94. The van der Waals surface area contributed by atoms with Crippen LogP contribution >= 0.6 is 0 Å². The Hall–Kier alpha value is -3.28. The van der Waals surface area contributed by atoms with Gasteiger partial charge in [-0.1, -0.05) is 18.2 Å². The molecule has 0 atom stereocenters. The topological polar surface area (TPSA) is 62.0 Å². The summed E-state index contributed by atoms with van der Waals surface area (Å²) < 4.78 is 18.2. The first-order chi connectivity index (χ1) is 13.6. The Balaban J connectivity index is 2.45. The fraction of sp³-hybridized carbons (Fsp3) is 0.273. The lowest BCUT2D eigenvalue weighted by Crippen LogP contribution is -2.22. The number of hydrogen-bond donors (Lipinski definition) is 0. The fourth-order valence-electron chi connectivity index (χ4n) is 3.10. The van der Waals surface area contributed by atoms with Crippen LogP contribution in [-0.2, 0) is 11.3 Å². The number of rotatable bonds is 6. The van der Waals surface area contributed by atoms with E-state index in [9.17, 15) is 4.79 Å². The molecule has 0 aliphatic rings. The smallest absolute Gasteiger partial charge is 0.341 e. The van der Waals surface area contributed by atoms with Gasteiger partial charge in [0.25, 0.3) is 0 Å². The van der Waals surface area contributed by atoms with Gasteiger partial charge in [-0.25, -0.2) is 9.79 Å². The molecular formula is C22H24N2O4. The molecule has 0 bridgehead atoms. The molecule has 0 radical (unpaired) electrons. The van der Waals surface area contributed by atoms with E-state index in [0.29, 0.717) is 35.6 Å². The molecule has 0 saturated carbocycles. The van der Waals surface area contributed by atoms with E-state index in [2.05, 4.69) is 0 Å². The predicted octanol–water partition coefficient (Wildman–Crippen LogP) is 4.09. The lowest BCUT2D eigenvalue weighted by molar-refractivity contribution is 0.0524. The Bertz CT molecular complexity index is 1060. The van der Waals surface area contributed by atoms with Gasteiger partial charge in [0.15, 0.2) is 11.5 Å². The van der Waals surface area contributed by atoms with Crippen LogP contribution in [0.1, 0.15) is 24.2 Å². The van der Waals surface area contributed by atoms with Crippen LogP contribution in [0, 0.1) is 0 Å². The SMILES string of the molecule is CCOC(=O)c1cn(CC)c2cc(OC)c(OC)cc2c1=Nc1ccccc1. The van der Waals surface area contributed by atoms with Crippen molar-refractivity contribution in [3.8, 4) is 11.5 Å². The van der Waals surface area contributed by atoms with Crippen LogP contribution in [0.3, 0.4) is 0 Å². The highest BCUT2D eigenvalue weighted by Crippen LogP contribution is 2.31. The van der Waals surface area contributed by atoms with Gasteiger partial charge in [0.05, 0.1) is 37.4 Å². The number of fused-ring (bicyclic) bond motifs is 1. The minimum absolute atomic E-state index is 0.291. The average molecular weight is 380 g/mol. The van der Waals surface area contributed by atoms with Crippen molar-refractivity contribution in [2.75, 3.05) is 20.8 Å². The predicted molar refractivity (Wildman–Crippen MR) is 108 cm³/mol. The zero-order chi connectivity index (χ0) is 20.1. The summed E-state index contributed by atoms with van der Waals surface area (Å²) in [6, 6.07) is 13.3. The van der Waals surface area contributed by atoms with Crippen LogP contribution in [0.2, 0.25) is 0 Å².